The summed E-state index contributed by atoms with van der Waals surface area (Å²) in [6, 6.07) is 3.75. The number of ether oxygens (including phenoxy) is 1. The molecule has 0 bridgehead atoms. The van der Waals surface area contributed by atoms with Crippen molar-refractivity contribution in [3.8, 4) is 22.8 Å². The zero-order valence-corrected chi connectivity index (χ0v) is 20.1. The van der Waals surface area contributed by atoms with E-state index in [0.717, 1.165) is 23.7 Å². The van der Waals surface area contributed by atoms with Gasteiger partial charge >= 0.3 is 12.2 Å². The number of nitrogens with one attached hydrogen (secondary N) is 3. The van der Waals surface area contributed by atoms with Crippen molar-refractivity contribution in [3.63, 3.8) is 0 Å². The van der Waals surface area contributed by atoms with Gasteiger partial charge in [0.1, 0.15) is 17.6 Å². The molecule has 38 heavy (non-hydrogen) atoms. The number of aromatic amines is 1. The molecule has 0 radical (unpaired) electrons. The number of fused-ring (bicyclic) bond motifs is 3. The Balaban J connectivity index is 1.56. The Labute approximate surface area is 213 Å². The number of anilines is 1. The first-order chi connectivity index (χ1) is 18.3. The Kier molecular flexibility index (Phi) is 5.86. The molecule has 13 heteroatoms. The molecule has 0 saturated carbocycles. The highest BCUT2D eigenvalue weighted by molar-refractivity contribution is 6.15. The number of nitrogens with zero attached hydrogens (tertiary/aromatic N) is 5. The molecule has 4 aromatic heterocycles. The monoisotopic (exact) mass is 526 g/mol. The number of H-pyrrole nitrogens is 1. The van der Waals surface area contributed by atoms with E-state index in [2.05, 4.69) is 35.7 Å². The van der Waals surface area contributed by atoms with Gasteiger partial charge in [0.2, 0.25) is 0 Å². The average Bonchev–Trinajstić information content (AvgIpc) is 3.64. The second-order valence-electron chi connectivity index (χ2n) is 8.91. The van der Waals surface area contributed by atoms with E-state index in [4.69, 9.17) is 4.74 Å². The minimum Gasteiger partial charge on any atom is -0.459 e. The van der Waals surface area contributed by atoms with Crippen LogP contribution in [0.1, 0.15) is 19.0 Å². The maximum Gasteiger partial charge on any atom is 0.435 e. The standard InChI is InChI=1S/C25H22F4N8O/c1-2-31-18-8-14(26)7-16-20-22(37-6-4-19(36-37)25(27,28)29)17(12-32-23(20)35-21(16)18)13-9-33-24(34-10-13)38-15-3-5-30-11-15/h4,6-10,12,15,30-31H,2-3,5,11H2,1H3,(H,32,35)/t15-/m1/s1. The van der Waals surface area contributed by atoms with Crippen LogP contribution in [0, 0.1) is 5.82 Å². The van der Waals surface area contributed by atoms with E-state index in [-0.39, 0.29) is 17.8 Å². The van der Waals surface area contributed by atoms with Crippen molar-refractivity contribution < 1.29 is 22.3 Å². The third kappa shape index (κ3) is 4.28. The molecule has 1 aromatic carbocycles. The number of benzene rings is 1. The quantitative estimate of drug-likeness (QED) is 0.276. The summed E-state index contributed by atoms with van der Waals surface area (Å²) in [5.74, 6) is -0.506. The molecule has 1 aliphatic rings. The van der Waals surface area contributed by atoms with Crippen LogP contribution in [-0.4, -0.2) is 55.5 Å². The Morgan fingerprint density at radius 1 is 1.16 bits per heavy atom. The third-order valence-corrected chi connectivity index (χ3v) is 6.37. The Morgan fingerprint density at radius 3 is 2.66 bits per heavy atom. The molecule has 196 valence electrons. The molecule has 1 fully saturated rings. The summed E-state index contributed by atoms with van der Waals surface area (Å²) in [7, 11) is 0. The first kappa shape index (κ1) is 24.1. The number of hydrogen-bond acceptors (Lipinski definition) is 7. The predicted molar refractivity (Wildman–Crippen MR) is 133 cm³/mol. The molecular weight excluding hydrogens is 504 g/mol. The Hall–Kier alpha value is -4.26. The molecule has 5 heterocycles. The second kappa shape index (κ2) is 9.24. The predicted octanol–water partition coefficient (Wildman–Crippen LogP) is 4.69. The molecule has 1 aliphatic heterocycles. The van der Waals surface area contributed by atoms with Crippen LogP contribution in [0.15, 0.2) is 43.0 Å². The fourth-order valence-corrected chi connectivity index (χ4v) is 4.68. The largest absolute Gasteiger partial charge is 0.459 e. The molecule has 6 rings (SSSR count). The lowest BCUT2D eigenvalue weighted by Gasteiger charge is -2.13. The highest BCUT2D eigenvalue weighted by atomic mass is 19.4. The summed E-state index contributed by atoms with van der Waals surface area (Å²) in [6.07, 6.45) is 1.92. The van der Waals surface area contributed by atoms with Crippen LogP contribution in [0.25, 0.3) is 38.8 Å². The van der Waals surface area contributed by atoms with Gasteiger partial charge in [-0.25, -0.2) is 24.0 Å². The number of pyridine rings is 1. The van der Waals surface area contributed by atoms with E-state index in [9.17, 15) is 17.6 Å². The van der Waals surface area contributed by atoms with Crippen LogP contribution in [0.5, 0.6) is 6.01 Å². The van der Waals surface area contributed by atoms with Crippen LogP contribution in [0.2, 0.25) is 0 Å². The Morgan fingerprint density at radius 2 is 1.97 bits per heavy atom. The van der Waals surface area contributed by atoms with E-state index < -0.39 is 17.7 Å². The van der Waals surface area contributed by atoms with Crippen molar-refractivity contribution in [3.05, 3.63) is 54.5 Å². The van der Waals surface area contributed by atoms with Crippen LogP contribution >= 0.6 is 0 Å². The topological polar surface area (TPSA) is 106 Å². The zero-order valence-electron chi connectivity index (χ0n) is 20.1. The van der Waals surface area contributed by atoms with Crippen LogP contribution < -0.4 is 15.4 Å². The van der Waals surface area contributed by atoms with Gasteiger partial charge in [0, 0.05) is 54.4 Å². The maximum absolute atomic E-state index is 14.7. The second-order valence-corrected chi connectivity index (χ2v) is 8.91. The lowest BCUT2D eigenvalue weighted by Crippen LogP contribution is -2.20. The highest BCUT2D eigenvalue weighted by Crippen LogP contribution is 2.39. The van der Waals surface area contributed by atoms with Crippen molar-refractivity contribution in [2.45, 2.75) is 25.6 Å². The van der Waals surface area contributed by atoms with Crippen molar-refractivity contribution in [1.82, 2.24) is 35.0 Å². The minimum atomic E-state index is -4.64. The smallest absolute Gasteiger partial charge is 0.435 e. The van der Waals surface area contributed by atoms with E-state index in [0.29, 0.717) is 51.8 Å². The molecule has 0 unspecified atom stereocenters. The molecule has 1 atom stereocenters. The van der Waals surface area contributed by atoms with Gasteiger partial charge in [-0.1, -0.05) is 0 Å². The Bertz CT molecular complexity index is 1620. The summed E-state index contributed by atoms with van der Waals surface area (Å²) in [6.45, 7) is 3.96. The molecule has 5 aromatic rings. The summed E-state index contributed by atoms with van der Waals surface area (Å²) >= 11 is 0. The first-order valence-corrected chi connectivity index (χ1v) is 12.0. The van der Waals surface area contributed by atoms with E-state index in [1.165, 1.54) is 36.9 Å². The van der Waals surface area contributed by atoms with Crippen LogP contribution in [-0.2, 0) is 6.18 Å². The number of halogens is 4. The van der Waals surface area contributed by atoms with Gasteiger partial charge in [0.15, 0.2) is 5.69 Å². The summed E-state index contributed by atoms with van der Waals surface area (Å²) < 4.78 is 62.0. The highest BCUT2D eigenvalue weighted by Gasteiger charge is 2.34. The lowest BCUT2D eigenvalue weighted by atomic mass is 10.0. The third-order valence-electron chi connectivity index (χ3n) is 6.37. The van der Waals surface area contributed by atoms with Gasteiger partial charge in [0.05, 0.1) is 22.3 Å². The number of alkyl halides is 3. The van der Waals surface area contributed by atoms with Gasteiger partial charge in [-0.15, -0.1) is 0 Å². The normalized spacial score (nSPS) is 16.0. The lowest BCUT2D eigenvalue weighted by molar-refractivity contribution is -0.141. The minimum absolute atomic E-state index is 0.0358. The van der Waals surface area contributed by atoms with E-state index in [1.54, 1.807) is 0 Å². The van der Waals surface area contributed by atoms with E-state index in [1.807, 2.05) is 6.92 Å². The zero-order chi connectivity index (χ0) is 26.4. The average molecular weight is 526 g/mol. The molecule has 3 N–H and O–H groups in total. The summed E-state index contributed by atoms with van der Waals surface area (Å²) in [4.78, 5) is 16.3. The molecule has 1 saturated heterocycles. The summed E-state index contributed by atoms with van der Waals surface area (Å²) in [5.41, 5.74) is 1.56. The van der Waals surface area contributed by atoms with Crippen molar-refractivity contribution in [2.24, 2.45) is 0 Å². The van der Waals surface area contributed by atoms with Crippen LogP contribution in [0.3, 0.4) is 0 Å². The fourth-order valence-electron chi connectivity index (χ4n) is 4.68. The van der Waals surface area contributed by atoms with Gasteiger partial charge in [-0.3, -0.25) is 0 Å². The molecule has 9 nitrogen and oxygen atoms in total. The summed E-state index contributed by atoms with van der Waals surface area (Å²) in [5, 5.41) is 11.0. The van der Waals surface area contributed by atoms with Crippen molar-refractivity contribution in [1.29, 1.82) is 0 Å². The van der Waals surface area contributed by atoms with Crippen molar-refractivity contribution in [2.75, 3.05) is 25.0 Å². The molecular formula is C25H22F4N8O. The number of aromatic nitrogens is 6. The van der Waals surface area contributed by atoms with E-state index >= 15 is 0 Å². The first-order valence-electron chi connectivity index (χ1n) is 12.0. The van der Waals surface area contributed by atoms with Gasteiger partial charge in [-0.05, 0) is 38.1 Å². The molecule has 0 amide bonds. The van der Waals surface area contributed by atoms with Crippen molar-refractivity contribution >= 4 is 27.6 Å². The molecule has 0 aliphatic carbocycles. The van der Waals surface area contributed by atoms with Gasteiger partial charge < -0.3 is 20.4 Å². The number of rotatable bonds is 6. The molecule has 0 spiro atoms. The van der Waals surface area contributed by atoms with Gasteiger partial charge in [0.25, 0.3) is 0 Å². The number of hydrogen-bond donors (Lipinski definition) is 3. The fraction of sp³-hybridized carbons (Fsp3) is 0.280. The maximum atomic E-state index is 14.7. The SMILES string of the molecule is CCNc1cc(F)cc2c1[nH]c1ncc(-c3cnc(O[C@@H]4CCNC4)nc3)c(-n3ccc(C(F)(F)F)n3)c12. The van der Waals surface area contributed by atoms with Crippen LogP contribution in [0.4, 0.5) is 23.2 Å². The van der Waals surface area contributed by atoms with Gasteiger partial charge in [-0.2, -0.15) is 18.3 Å².